The molecule has 4 heteroatoms. The van der Waals surface area contributed by atoms with E-state index in [4.69, 9.17) is 0 Å². The van der Waals surface area contributed by atoms with Crippen LogP contribution in [0.2, 0.25) is 0 Å². The molecule has 1 aliphatic rings. The molecular formula is C17H22N4. The number of aromatic nitrogens is 2. The molecule has 1 aliphatic heterocycles. The molecular weight excluding hydrogens is 260 g/mol. The van der Waals surface area contributed by atoms with Crippen LogP contribution in [-0.2, 0) is 13.1 Å². The summed E-state index contributed by atoms with van der Waals surface area (Å²) in [6.45, 7) is 4.04. The van der Waals surface area contributed by atoms with Crippen LogP contribution in [0, 0.1) is 0 Å². The maximum absolute atomic E-state index is 4.60. The highest BCUT2D eigenvalue weighted by Gasteiger charge is 2.13. The monoisotopic (exact) mass is 282 g/mol. The fourth-order valence-electron chi connectivity index (χ4n) is 2.78. The second-order valence-electron chi connectivity index (χ2n) is 5.71. The lowest BCUT2D eigenvalue weighted by Gasteiger charge is -2.18. The fraction of sp³-hybridized carbons (Fsp3) is 0.412. The van der Waals surface area contributed by atoms with Crippen molar-refractivity contribution in [3.05, 3.63) is 54.0 Å². The van der Waals surface area contributed by atoms with Crippen LogP contribution in [0.5, 0.6) is 0 Å². The van der Waals surface area contributed by atoms with Crippen molar-refractivity contribution in [1.29, 1.82) is 0 Å². The third-order valence-electron chi connectivity index (χ3n) is 3.85. The second-order valence-corrected chi connectivity index (χ2v) is 5.71. The van der Waals surface area contributed by atoms with Gasteiger partial charge in [0.25, 0.3) is 0 Å². The summed E-state index contributed by atoms with van der Waals surface area (Å²) >= 11 is 0. The molecule has 0 atom stereocenters. The van der Waals surface area contributed by atoms with Gasteiger partial charge in [0.05, 0.1) is 5.69 Å². The van der Waals surface area contributed by atoms with E-state index in [0.29, 0.717) is 0 Å². The Balaban J connectivity index is 1.57. The topological polar surface area (TPSA) is 32.3 Å². The van der Waals surface area contributed by atoms with Crippen molar-refractivity contribution >= 4 is 5.82 Å². The zero-order valence-corrected chi connectivity index (χ0v) is 12.6. The standard InChI is InChI=1S/C17H22N4/c1-20(14-16-6-2-3-9-18-16)13-15-7-8-17(19-12-15)21-10-4-5-11-21/h2-3,6-9,12H,4-5,10-11,13-14H2,1H3. The highest BCUT2D eigenvalue weighted by molar-refractivity contribution is 5.40. The first-order valence-electron chi connectivity index (χ1n) is 7.59. The Hall–Kier alpha value is -1.94. The van der Waals surface area contributed by atoms with Crippen LogP contribution >= 0.6 is 0 Å². The average Bonchev–Trinajstić information content (AvgIpc) is 3.03. The number of hydrogen-bond acceptors (Lipinski definition) is 4. The molecule has 1 saturated heterocycles. The van der Waals surface area contributed by atoms with Crippen molar-refractivity contribution < 1.29 is 0 Å². The third-order valence-corrected chi connectivity index (χ3v) is 3.85. The molecule has 2 aromatic rings. The van der Waals surface area contributed by atoms with Crippen LogP contribution in [0.25, 0.3) is 0 Å². The Morgan fingerprint density at radius 2 is 1.90 bits per heavy atom. The molecule has 4 nitrogen and oxygen atoms in total. The summed E-state index contributed by atoms with van der Waals surface area (Å²) in [5.74, 6) is 1.11. The summed E-state index contributed by atoms with van der Waals surface area (Å²) in [6.07, 6.45) is 6.42. The maximum Gasteiger partial charge on any atom is 0.128 e. The van der Waals surface area contributed by atoms with Gasteiger partial charge in [-0.3, -0.25) is 9.88 Å². The van der Waals surface area contributed by atoms with Crippen molar-refractivity contribution in [3.63, 3.8) is 0 Å². The molecule has 21 heavy (non-hydrogen) atoms. The Labute approximate surface area is 126 Å². The van der Waals surface area contributed by atoms with Gasteiger partial charge in [0.1, 0.15) is 5.82 Å². The molecule has 0 saturated carbocycles. The van der Waals surface area contributed by atoms with Crippen molar-refractivity contribution in [3.8, 4) is 0 Å². The van der Waals surface area contributed by atoms with Gasteiger partial charge in [0.2, 0.25) is 0 Å². The number of hydrogen-bond donors (Lipinski definition) is 0. The molecule has 0 aliphatic carbocycles. The van der Waals surface area contributed by atoms with E-state index in [1.54, 1.807) is 0 Å². The average molecular weight is 282 g/mol. The van der Waals surface area contributed by atoms with Crippen molar-refractivity contribution in [1.82, 2.24) is 14.9 Å². The first-order valence-corrected chi connectivity index (χ1v) is 7.59. The van der Waals surface area contributed by atoms with E-state index in [-0.39, 0.29) is 0 Å². The lowest BCUT2D eigenvalue weighted by Crippen LogP contribution is -2.20. The molecule has 0 radical (unpaired) electrons. The highest BCUT2D eigenvalue weighted by Crippen LogP contribution is 2.18. The molecule has 0 spiro atoms. The van der Waals surface area contributed by atoms with Gasteiger partial charge in [-0.05, 0) is 43.7 Å². The maximum atomic E-state index is 4.60. The summed E-state index contributed by atoms with van der Waals surface area (Å²) < 4.78 is 0. The van der Waals surface area contributed by atoms with Crippen LogP contribution < -0.4 is 4.90 Å². The minimum atomic E-state index is 0.856. The SMILES string of the molecule is CN(Cc1ccc(N2CCCC2)nc1)Cc1ccccn1. The Morgan fingerprint density at radius 3 is 2.57 bits per heavy atom. The molecule has 0 N–H and O–H groups in total. The Bertz CT molecular complexity index is 547. The van der Waals surface area contributed by atoms with E-state index in [9.17, 15) is 0 Å². The molecule has 110 valence electrons. The quantitative estimate of drug-likeness (QED) is 0.844. The largest absolute Gasteiger partial charge is 0.357 e. The lowest BCUT2D eigenvalue weighted by atomic mass is 10.2. The van der Waals surface area contributed by atoms with Crippen LogP contribution in [0.3, 0.4) is 0 Å². The summed E-state index contributed by atoms with van der Waals surface area (Å²) in [5.41, 5.74) is 2.35. The van der Waals surface area contributed by atoms with Gasteiger partial charge in [-0.25, -0.2) is 4.98 Å². The first kappa shape index (κ1) is 14.0. The Kier molecular flexibility index (Phi) is 4.46. The summed E-state index contributed by atoms with van der Waals surface area (Å²) in [5, 5.41) is 0. The second kappa shape index (κ2) is 6.68. The molecule has 3 rings (SSSR count). The van der Waals surface area contributed by atoms with Crippen LogP contribution in [0.4, 0.5) is 5.82 Å². The minimum absolute atomic E-state index is 0.856. The normalized spacial score (nSPS) is 14.9. The van der Waals surface area contributed by atoms with Crippen LogP contribution in [0.1, 0.15) is 24.1 Å². The van der Waals surface area contributed by atoms with Gasteiger partial charge in [-0.15, -0.1) is 0 Å². The van der Waals surface area contributed by atoms with Gasteiger partial charge >= 0.3 is 0 Å². The summed E-state index contributed by atoms with van der Waals surface area (Å²) in [4.78, 5) is 13.6. The number of nitrogens with zero attached hydrogens (tertiary/aromatic N) is 4. The Morgan fingerprint density at radius 1 is 1.05 bits per heavy atom. The van der Waals surface area contributed by atoms with Crippen molar-refractivity contribution in [2.75, 3.05) is 25.0 Å². The van der Waals surface area contributed by atoms with Gasteiger partial charge in [0.15, 0.2) is 0 Å². The molecule has 2 aromatic heterocycles. The van der Waals surface area contributed by atoms with Crippen LogP contribution in [0.15, 0.2) is 42.7 Å². The zero-order chi connectivity index (χ0) is 14.5. The summed E-state index contributed by atoms with van der Waals surface area (Å²) in [6, 6.07) is 10.4. The van der Waals surface area contributed by atoms with E-state index in [0.717, 1.165) is 37.7 Å². The van der Waals surface area contributed by atoms with E-state index in [1.165, 1.54) is 18.4 Å². The molecule has 3 heterocycles. The third kappa shape index (κ3) is 3.79. The zero-order valence-electron chi connectivity index (χ0n) is 12.6. The van der Waals surface area contributed by atoms with Gasteiger partial charge < -0.3 is 4.90 Å². The summed E-state index contributed by atoms with van der Waals surface area (Å²) in [7, 11) is 2.11. The molecule has 1 fully saturated rings. The minimum Gasteiger partial charge on any atom is -0.357 e. The fourth-order valence-corrected chi connectivity index (χ4v) is 2.78. The molecule has 0 bridgehead atoms. The number of anilines is 1. The number of pyridine rings is 2. The van der Waals surface area contributed by atoms with Gasteiger partial charge in [0, 0.05) is 38.6 Å². The van der Waals surface area contributed by atoms with E-state index in [2.05, 4.69) is 45.0 Å². The van der Waals surface area contributed by atoms with Crippen LogP contribution in [-0.4, -0.2) is 35.0 Å². The van der Waals surface area contributed by atoms with E-state index >= 15 is 0 Å². The van der Waals surface area contributed by atoms with Crippen molar-refractivity contribution in [2.45, 2.75) is 25.9 Å². The van der Waals surface area contributed by atoms with E-state index < -0.39 is 0 Å². The van der Waals surface area contributed by atoms with Crippen molar-refractivity contribution in [2.24, 2.45) is 0 Å². The van der Waals surface area contributed by atoms with Gasteiger partial charge in [-0.1, -0.05) is 12.1 Å². The smallest absolute Gasteiger partial charge is 0.128 e. The predicted molar refractivity (Wildman–Crippen MR) is 85.1 cm³/mol. The molecule has 0 unspecified atom stereocenters. The molecule has 0 amide bonds. The van der Waals surface area contributed by atoms with E-state index in [1.807, 2.05) is 24.5 Å². The number of rotatable bonds is 5. The molecule has 0 aromatic carbocycles. The lowest BCUT2D eigenvalue weighted by molar-refractivity contribution is 0.315. The van der Waals surface area contributed by atoms with Gasteiger partial charge in [-0.2, -0.15) is 0 Å². The predicted octanol–water partition coefficient (Wildman–Crippen LogP) is 2.71. The first-order chi connectivity index (χ1) is 10.3. The highest BCUT2D eigenvalue weighted by atomic mass is 15.2.